The number of carboxylic acid groups (broad SMARTS) is 1. The molecule has 5 N–H and O–H groups in total. The standard InChI is InChI=1S/C21H24N4O2.C2HF3O2/c22-10-16-15(14-3-2-8-24-11-14)9-17(25-21(16)23)20-18(26)4-1-5-19(20)27-12-13-6-7-13;3-2(4,5)1(6)7/h1,4-5,9,13-14,24,26H,2-3,6-8,11-12H2,(H2,23,25);(H,6,7). The Labute approximate surface area is 194 Å². The molecule has 1 aliphatic heterocycles. The number of aliphatic carboxylic acids is 1. The molecular formula is C23H25F3N4O4. The summed E-state index contributed by atoms with van der Waals surface area (Å²) in [5, 5.41) is 30.6. The number of carbonyl (C=O) groups is 1. The molecule has 4 rings (SSSR count). The minimum Gasteiger partial charge on any atom is -0.507 e. The zero-order valence-electron chi connectivity index (χ0n) is 18.2. The average Bonchev–Trinajstić information content (AvgIpc) is 3.62. The lowest BCUT2D eigenvalue weighted by Crippen LogP contribution is -2.29. The topological polar surface area (TPSA) is 141 Å². The van der Waals surface area contributed by atoms with Gasteiger partial charge in [-0.3, -0.25) is 0 Å². The van der Waals surface area contributed by atoms with Gasteiger partial charge in [0, 0.05) is 6.54 Å². The summed E-state index contributed by atoms with van der Waals surface area (Å²) in [7, 11) is 0. The van der Waals surface area contributed by atoms with E-state index in [2.05, 4.69) is 16.4 Å². The summed E-state index contributed by atoms with van der Waals surface area (Å²) in [6.07, 6.45) is -0.653. The van der Waals surface area contributed by atoms with Crippen LogP contribution in [0, 0.1) is 17.2 Å². The number of rotatable bonds is 5. The molecule has 2 fully saturated rings. The molecule has 1 atom stereocenters. The summed E-state index contributed by atoms with van der Waals surface area (Å²) < 4.78 is 37.7. The number of pyridine rings is 1. The Morgan fingerprint density at radius 3 is 2.59 bits per heavy atom. The Morgan fingerprint density at radius 2 is 2.03 bits per heavy atom. The first-order valence-corrected chi connectivity index (χ1v) is 10.8. The van der Waals surface area contributed by atoms with Gasteiger partial charge in [0.2, 0.25) is 0 Å². The van der Waals surface area contributed by atoms with Crippen molar-refractivity contribution in [2.75, 3.05) is 25.4 Å². The smallest absolute Gasteiger partial charge is 0.490 e. The number of nitrogen functional groups attached to an aromatic ring is 1. The average molecular weight is 478 g/mol. The van der Waals surface area contributed by atoms with E-state index in [1.807, 2.05) is 12.1 Å². The molecule has 182 valence electrons. The molecule has 1 aromatic heterocycles. The number of anilines is 1. The minimum atomic E-state index is -5.08. The Morgan fingerprint density at radius 1 is 1.32 bits per heavy atom. The number of hydrogen-bond donors (Lipinski definition) is 4. The summed E-state index contributed by atoms with van der Waals surface area (Å²) in [6, 6.07) is 9.33. The molecule has 1 aliphatic carbocycles. The summed E-state index contributed by atoms with van der Waals surface area (Å²) in [5.74, 6) is -1.04. The van der Waals surface area contributed by atoms with E-state index in [9.17, 15) is 23.5 Å². The second kappa shape index (κ2) is 10.6. The van der Waals surface area contributed by atoms with E-state index in [1.165, 1.54) is 12.8 Å². The van der Waals surface area contributed by atoms with E-state index in [-0.39, 0.29) is 17.5 Å². The van der Waals surface area contributed by atoms with Gasteiger partial charge in [0.1, 0.15) is 23.4 Å². The molecule has 0 radical (unpaired) electrons. The van der Waals surface area contributed by atoms with Crippen molar-refractivity contribution in [1.29, 1.82) is 5.26 Å². The third kappa shape index (κ3) is 6.29. The van der Waals surface area contributed by atoms with E-state index in [0.717, 1.165) is 31.5 Å². The molecule has 0 amide bonds. The third-order valence-electron chi connectivity index (χ3n) is 5.60. The zero-order chi connectivity index (χ0) is 24.9. The van der Waals surface area contributed by atoms with Crippen LogP contribution in [0.2, 0.25) is 0 Å². The van der Waals surface area contributed by atoms with Gasteiger partial charge in [0.25, 0.3) is 0 Å². The predicted octanol–water partition coefficient (Wildman–Crippen LogP) is 3.80. The molecule has 11 heteroatoms. The maximum Gasteiger partial charge on any atom is 0.490 e. The highest BCUT2D eigenvalue weighted by Gasteiger charge is 2.38. The van der Waals surface area contributed by atoms with Crippen molar-refractivity contribution >= 4 is 11.8 Å². The normalized spacial score (nSPS) is 17.8. The lowest BCUT2D eigenvalue weighted by Gasteiger charge is -2.25. The van der Waals surface area contributed by atoms with Crippen LogP contribution in [0.15, 0.2) is 24.3 Å². The Bertz CT molecular complexity index is 1080. The fourth-order valence-electron chi connectivity index (χ4n) is 3.66. The van der Waals surface area contributed by atoms with Crippen molar-refractivity contribution < 1.29 is 32.9 Å². The van der Waals surface area contributed by atoms with Gasteiger partial charge in [-0.15, -0.1) is 0 Å². The van der Waals surface area contributed by atoms with Gasteiger partial charge in [-0.25, -0.2) is 9.78 Å². The fourth-order valence-corrected chi connectivity index (χ4v) is 3.66. The molecule has 2 heterocycles. The summed E-state index contributed by atoms with van der Waals surface area (Å²) in [5.41, 5.74) is 8.55. The van der Waals surface area contributed by atoms with Crippen molar-refractivity contribution in [2.45, 2.75) is 37.8 Å². The molecule has 0 spiro atoms. The van der Waals surface area contributed by atoms with Gasteiger partial charge in [0.15, 0.2) is 0 Å². The van der Waals surface area contributed by atoms with Crippen molar-refractivity contribution in [3.63, 3.8) is 0 Å². The van der Waals surface area contributed by atoms with Crippen LogP contribution in [0.5, 0.6) is 11.5 Å². The van der Waals surface area contributed by atoms with Crippen LogP contribution in [0.25, 0.3) is 11.3 Å². The number of piperidine rings is 1. The second-order valence-electron chi connectivity index (χ2n) is 8.22. The molecule has 8 nitrogen and oxygen atoms in total. The van der Waals surface area contributed by atoms with Gasteiger partial charge in [-0.2, -0.15) is 18.4 Å². The highest BCUT2D eigenvalue weighted by Crippen LogP contribution is 2.41. The molecule has 2 aliphatic rings. The van der Waals surface area contributed by atoms with Crippen LogP contribution in [-0.2, 0) is 4.79 Å². The van der Waals surface area contributed by atoms with Crippen LogP contribution >= 0.6 is 0 Å². The number of nitrogens with two attached hydrogens (primary N) is 1. The number of aromatic hydroxyl groups is 1. The molecule has 1 aromatic carbocycles. The Hall–Kier alpha value is -3.52. The summed E-state index contributed by atoms with van der Waals surface area (Å²) >= 11 is 0. The maximum atomic E-state index is 10.6. The highest BCUT2D eigenvalue weighted by atomic mass is 19.4. The Kier molecular flexibility index (Phi) is 7.83. The monoisotopic (exact) mass is 478 g/mol. The van der Waals surface area contributed by atoms with Crippen LogP contribution in [-0.4, -0.2) is 47.0 Å². The number of phenols is 1. The number of alkyl halides is 3. The molecular weight excluding hydrogens is 453 g/mol. The first-order chi connectivity index (χ1) is 16.1. The summed E-state index contributed by atoms with van der Waals surface area (Å²) in [4.78, 5) is 13.3. The van der Waals surface area contributed by atoms with Crippen LogP contribution in [0.4, 0.5) is 19.0 Å². The van der Waals surface area contributed by atoms with E-state index in [4.69, 9.17) is 20.4 Å². The number of nitrogens with one attached hydrogen (secondary N) is 1. The number of carboxylic acids is 1. The SMILES string of the molecule is N#Cc1c(C2CCCNC2)cc(-c2c(O)cccc2OCC2CC2)nc1N.O=C(O)C(F)(F)F. The molecule has 34 heavy (non-hydrogen) atoms. The minimum absolute atomic E-state index is 0.104. The Balaban J connectivity index is 0.000000406. The lowest BCUT2D eigenvalue weighted by atomic mass is 9.88. The van der Waals surface area contributed by atoms with E-state index in [0.29, 0.717) is 35.1 Å². The summed E-state index contributed by atoms with van der Waals surface area (Å²) in [6.45, 7) is 2.44. The highest BCUT2D eigenvalue weighted by molar-refractivity contribution is 5.76. The van der Waals surface area contributed by atoms with Gasteiger partial charge >= 0.3 is 12.1 Å². The van der Waals surface area contributed by atoms with Gasteiger partial charge in [0.05, 0.1) is 23.4 Å². The number of aromatic nitrogens is 1. The molecule has 1 saturated heterocycles. The number of ether oxygens (including phenoxy) is 1. The molecule has 2 aromatic rings. The number of benzene rings is 1. The maximum absolute atomic E-state index is 10.6. The lowest BCUT2D eigenvalue weighted by molar-refractivity contribution is -0.192. The number of phenolic OH excluding ortho intramolecular Hbond substituents is 1. The van der Waals surface area contributed by atoms with Crippen LogP contribution in [0.1, 0.15) is 42.7 Å². The van der Waals surface area contributed by atoms with Crippen molar-refractivity contribution in [1.82, 2.24) is 10.3 Å². The van der Waals surface area contributed by atoms with Crippen molar-refractivity contribution in [3.8, 4) is 28.8 Å². The molecule has 1 unspecified atom stereocenters. The predicted molar refractivity (Wildman–Crippen MR) is 117 cm³/mol. The van der Waals surface area contributed by atoms with Gasteiger partial charge in [-0.05, 0) is 67.8 Å². The van der Waals surface area contributed by atoms with Crippen LogP contribution in [0.3, 0.4) is 0 Å². The van der Waals surface area contributed by atoms with Crippen molar-refractivity contribution in [3.05, 3.63) is 35.4 Å². The number of nitrogens with zero attached hydrogens (tertiary/aromatic N) is 2. The van der Waals surface area contributed by atoms with Crippen molar-refractivity contribution in [2.24, 2.45) is 5.92 Å². The zero-order valence-corrected chi connectivity index (χ0v) is 18.2. The fraction of sp³-hybridized carbons (Fsp3) is 0.435. The molecule has 0 bridgehead atoms. The first kappa shape index (κ1) is 25.1. The van der Waals surface area contributed by atoms with Crippen LogP contribution < -0.4 is 15.8 Å². The second-order valence-corrected chi connectivity index (χ2v) is 8.22. The molecule has 1 saturated carbocycles. The van der Waals surface area contributed by atoms with E-state index < -0.39 is 12.1 Å². The van der Waals surface area contributed by atoms with E-state index >= 15 is 0 Å². The first-order valence-electron chi connectivity index (χ1n) is 10.8. The van der Waals surface area contributed by atoms with Gasteiger partial charge in [-0.1, -0.05) is 6.07 Å². The van der Waals surface area contributed by atoms with Gasteiger partial charge < -0.3 is 26.0 Å². The number of hydrogen-bond acceptors (Lipinski definition) is 7. The number of nitriles is 1. The largest absolute Gasteiger partial charge is 0.507 e. The number of halogens is 3. The van der Waals surface area contributed by atoms with E-state index in [1.54, 1.807) is 12.1 Å². The third-order valence-corrected chi connectivity index (χ3v) is 5.60. The quantitative estimate of drug-likeness (QED) is 0.509.